The zero-order valence-corrected chi connectivity index (χ0v) is 10.5. The van der Waals surface area contributed by atoms with Crippen LogP contribution in [0, 0.1) is 0 Å². The highest BCUT2D eigenvalue weighted by Gasteiger charge is 2.52. The van der Waals surface area contributed by atoms with Gasteiger partial charge in [-0.3, -0.25) is 4.79 Å². The summed E-state index contributed by atoms with van der Waals surface area (Å²) < 4.78 is 0. The van der Waals surface area contributed by atoms with Crippen molar-refractivity contribution in [2.45, 2.75) is 24.5 Å². The summed E-state index contributed by atoms with van der Waals surface area (Å²) in [4.78, 5) is 11.4. The first-order chi connectivity index (χ1) is 7.78. The van der Waals surface area contributed by atoms with Crippen LogP contribution >= 0.6 is 23.5 Å². The Morgan fingerprint density at radius 3 is 2.12 bits per heavy atom. The maximum Gasteiger partial charge on any atom is 0.248 e. The molecule has 3 rings (SSSR count). The lowest BCUT2D eigenvalue weighted by molar-refractivity contribution is -0.111. The van der Waals surface area contributed by atoms with Gasteiger partial charge in [-0.25, -0.2) is 0 Å². The Morgan fingerprint density at radius 2 is 1.65 bits per heavy atom. The summed E-state index contributed by atoms with van der Waals surface area (Å²) in [5.74, 6) is 4.06. The van der Waals surface area contributed by atoms with Crippen molar-refractivity contribution in [3.05, 3.63) is 35.4 Å². The number of carbonyl (C=O) groups excluding carboxylic acids is 1. The molecule has 2 heterocycles. The Morgan fingerprint density at radius 1 is 1.12 bits per heavy atom. The molecule has 2 nitrogen and oxygen atoms in total. The third-order valence-electron chi connectivity index (χ3n) is 2.95. The van der Waals surface area contributed by atoms with Gasteiger partial charge in [0.25, 0.3) is 0 Å². The van der Waals surface area contributed by atoms with E-state index in [0.717, 1.165) is 23.0 Å². The molecule has 17 heavy (non-hydrogen) atoms. The van der Waals surface area contributed by atoms with E-state index in [4.69, 9.17) is 0 Å². The number of rotatable bonds is 0. The van der Waals surface area contributed by atoms with E-state index in [1.54, 1.807) is 0 Å². The van der Waals surface area contributed by atoms with E-state index in [0.29, 0.717) is 0 Å². The van der Waals surface area contributed by atoms with E-state index in [1.165, 1.54) is 11.1 Å². The highest BCUT2D eigenvalue weighted by atomic mass is 32.2. The summed E-state index contributed by atoms with van der Waals surface area (Å²) in [7, 11) is 0. The van der Waals surface area contributed by atoms with Crippen molar-refractivity contribution >= 4 is 29.4 Å². The highest BCUT2D eigenvalue weighted by Crippen LogP contribution is 2.32. The molecule has 1 N–H and O–H groups in total. The SMILES string of the molecule is C.O=C1NC12CSCc1cccc(c1)CSC2. The number of fused-ring (bicyclic) bond motifs is 2. The summed E-state index contributed by atoms with van der Waals surface area (Å²) in [6.45, 7) is 0. The van der Waals surface area contributed by atoms with Crippen LogP contribution in [-0.4, -0.2) is 23.0 Å². The first-order valence-electron chi connectivity index (χ1n) is 5.34. The van der Waals surface area contributed by atoms with Crippen LogP contribution in [0.3, 0.4) is 0 Å². The van der Waals surface area contributed by atoms with E-state index < -0.39 is 0 Å². The van der Waals surface area contributed by atoms with Crippen molar-refractivity contribution < 1.29 is 4.79 Å². The van der Waals surface area contributed by atoms with Gasteiger partial charge in [0.1, 0.15) is 5.54 Å². The minimum atomic E-state index is -0.203. The quantitative estimate of drug-likeness (QED) is 0.735. The Labute approximate surface area is 111 Å². The van der Waals surface area contributed by atoms with Crippen molar-refractivity contribution in [2.75, 3.05) is 11.5 Å². The van der Waals surface area contributed by atoms with Crippen LogP contribution in [0.15, 0.2) is 24.3 Å². The second-order valence-corrected chi connectivity index (χ2v) is 6.31. The van der Waals surface area contributed by atoms with Crippen molar-refractivity contribution in [2.24, 2.45) is 0 Å². The molecule has 0 unspecified atom stereocenters. The molecule has 0 saturated carbocycles. The molecule has 2 aliphatic heterocycles. The number of hydrogen-bond donors (Lipinski definition) is 1. The number of benzene rings is 1. The molecule has 1 amide bonds. The van der Waals surface area contributed by atoms with Gasteiger partial charge in [-0.05, 0) is 11.1 Å². The van der Waals surface area contributed by atoms with Crippen molar-refractivity contribution in [3.8, 4) is 0 Å². The molecule has 92 valence electrons. The Kier molecular flexibility index (Phi) is 3.73. The molecule has 1 fully saturated rings. The Balaban J connectivity index is 0.00000108. The van der Waals surface area contributed by atoms with Gasteiger partial charge in [-0.1, -0.05) is 31.7 Å². The molecule has 1 aromatic carbocycles. The van der Waals surface area contributed by atoms with Crippen molar-refractivity contribution in [1.29, 1.82) is 0 Å². The van der Waals surface area contributed by atoms with Crippen LogP contribution in [-0.2, 0) is 16.3 Å². The molecule has 2 bridgehead atoms. The number of nitrogens with one attached hydrogen (secondary N) is 1. The average Bonchev–Trinajstić information content (AvgIpc) is 2.89. The van der Waals surface area contributed by atoms with Gasteiger partial charge >= 0.3 is 0 Å². The first kappa shape index (κ1) is 12.8. The third-order valence-corrected chi connectivity index (χ3v) is 5.42. The minimum Gasteiger partial charge on any atom is -0.338 e. The molecule has 1 saturated heterocycles. The Bertz CT molecular complexity index is 408. The van der Waals surface area contributed by atoms with Gasteiger partial charge in [0.05, 0.1) is 0 Å². The molecule has 1 aromatic rings. The van der Waals surface area contributed by atoms with E-state index >= 15 is 0 Å². The Hall–Kier alpha value is -0.610. The van der Waals surface area contributed by atoms with Gasteiger partial charge in [0, 0.05) is 23.0 Å². The summed E-state index contributed by atoms with van der Waals surface area (Å²) in [5, 5.41) is 2.99. The first-order valence-corrected chi connectivity index (χ1v) is 7.65. The largest absolute Gasteiger partial charge is 0.338 e. The van der Waals surface area contributed by atoms with Gasteiger partial charge in [0.15, 0.2) is 0 Å². The van der Waals surface area contributed by atoms with Gasteiger partial charge < -0.3 is 5.32 Å². The highest BCUT2D eigenvalue weighted by molar-refractivity contribution is 7.99. The molecule has 2 aliphatic rings. The summed E-state index contributed by atoms with van der Waals surface area (Å²) in [6, 6.07) is 8.74. The van der Waals surface area contributed by atoms with Crippen LogP contribution < -0.4 is 5.32 Å². The number of carbonyl (C=O) groups is 1. The average molecular weight is 267 g/mol. The van der Waals surface area contributed by atoms with Crippen LogP contribution in [0.4, 0.5) is 0 Å². The number of thioether (sulfide) groups is 2. The zero-order valence-electron chi connectivity index (χ0n) is 8.86. The summed E-state index contributed by atoms with van der Waals surface area (Å²) in [6.07, 6.45) is 0. The van der Waals surface area contributed by atoms with Crippen LogP contribution in [0.1, 0.15) is 18.6 Å². The molecule has 0 radical (unpaired) electrons. The zero-order chi connectivity index (χ0) is 11.0. The van der Waals surface area contributed by atoms with Crippen molar-refractivity contribution in [1.82, 2.24) is 5.32 Å². The number of amides is 1. The minimum absolute atomic E-state index is 0. The molecule has 4 heteroatoms. The maximum atomic E-state index is 11.4. The van der Waals surface area contributed by atoms with Gasteiger partial charge in [-0.2, -0.15) is 23.5 Å². The number of hydrogen-bond acceptors (Lipinski definition) is 3. The molecule has 1 spiro atoms. The topological polar surface area (TPSA) is 39.0 Å². The summed E-state index contributed by atoms with van der Waals surface area (Å²) in [5.41, 5.74) is 2.53. The molecule has 0 atom stereocenters. The molecular formula is C13H17NOS2. The van der Waals surface area contributed by atoms with Gasteiger partial charge in [-0.15, -0.1) is 0 Å². The lowest BCUT2D eigenvalue weighted by atomic mass is 10.2. The normalized spacial score (nSPS) is 21.3. The standard InChI is InChI=1S/C12H13NOS2.CH4/c14-11-12(13-11)7-15-5-9-2-1-3-10(4-9)6-16-8-12;/h1-4H,5-8H2,(H,13,14);1H4. The predicted octanol–water partition coefficient (Wildman–Crippen LogP) is 2.67. The van der Waals surface area contributed by atoms with Crippen molar-refractivity contribution in [3.63, 3.8) is 0 Å². The van der Waals surface area contributed by atoms with Gasteiger partial charge in [0.2, 0.25) is 5.91 Å². The monoisotopic (exact) mass is 267 g/mol. The van der Waals surface area contributed by atoms with E-state index in [2.05, 4.69) is 29.6 Å². The molecular weight excluding hydrogens is 250 g/mol. The van der Waals surface area contributed by atoms with Crippen LogP contribution in [0.2, 0.25) is 0 Å². The lowest BCUT2D eigenvalue weighted by Gasteiger charge is -2.13. The lowest BCUT2D eigenvalue weighted by Crippen LogP contribution is -2.24. The molecule has 0 aromatic heterocycles. The van der Waals surface area contributed by atoms with E-state index in [1.807, 2.05) is 23.5 Å². The van der Waals surface area contributed by atoms with Crippen LogP contribution in [0.5, 0.6) is 0 Å². The fourth-order valence-electron chi connectivity index (χ4n) is 1.93. The van der Waals surface area contributed by atoms with E-state index in [-0.39, 0.29) is 18.9 Å². The molecule has 0 aliphatic carbocycles. The fraction of sp³-hybridized carbons (Fsp3) is 0.462. The second-order valence-electron chi connectivity index (χ2n) is 4.34. The smallest absolute Gasteiger partial charge is 0.248 e. The van der Waals surface area contributed by atoms with Crippen LogP contribution in [0.25, 0.3) is 0 Å². The fourth-order valence-corrected chi connectivity index (χ4v) is 4.40. The predicted molar refractivity (Wildman–Crippen MR) is 76.4 cm³/mol. The second kappa shape index (κ2) is 4.94. The van der Waals surface area contributed by atoms with E-state index in [9.17, 15) is 4.79 Å². The summed E-state index contributed by atoms with van der Waals surface area (Å²) >= 11 is 3.70. The maximum absolute atomic E-state index is 11.4. The third kappa shape index (κ3) is 2.63.